The molecule has 0 heterocycles. The highest BCUT2D eigenvalue weighted by atomic mass is 16.5. The Morgan fingerprint density at radius 3 is 2.42 bits per heavy atom. The molecule has 0 spiro atoms. The minimum Gasteiger partial charge on any atom is -0.495 e. The van der Waals surface area contributed by atoms with Crippen molar-refractivity contribution in [3.8, 4) is 5.75 Å². The molecule has 0 radical (unpaired) electrons. The van der Waals surface area contributed by atoms with Gasteiger partial charge in [0, 0.05) is 0 Å². The third kappa shape index (κ3) is 3.35. The lowest BCUT2D eigenvalue weighted by molar-refractivity contribution is 0.416. The molecule has 0 aliphatic rings. The zero-order valence-electron chi connectivity index (χ0n) is 11.3. The topological polar surface area (TPSA) is 33.6 Å². The molecule has 0 aliphatic carbocycles. The van der Waals surface area contributed by atoms with Crippen LogP contribution in [-0.2, 0) is 0 Å². The lowest BCUT2D eigenvalue weighted by Gasteiger charge is -2.09. The van der Waals surface area contributed by atoms with Gasteiger partial charge in [-0.05, 0) is 24.1 Å². The minimum atomic E-state index is 0.787. The molecule has 0 bridgehead atoms. The first-order valence-electron chi connectivity index (χ1n) is 6.36. The molecule has 2 rings (SSSR count). The average Bonchev–Trinajstić information content (AvgIpc) is 2.49. The van der Waals surface area contributed by atoms with E-state index in [0.717, 1.165) is 29.1 Å². The van der Waals surface area contributed by atoms with Crippen LogP contribution in [0.25, 0.3) is 0 Å². The van der Waals surface area contributed by atoms with Gasteiger partial charge in [-0.25, -0.2) is 0 Å². The van der Waals surface area contributed by atoms with Crippen LogP contribution >= 0.6 is 0 Å². The van der Waals surface area contributed by atoms with Gasteiger partial charge < -0.3 is 4.74 Å². The highest BCUT2D eigenvalue weighted by molar-refractivity contribution is 6.00. The molecule has 0 amide bonds. The SMILES string of the molecule is CC/C(=N/Nc1ccccc1OC)c1ccccc1. The number of para-hydroxylation sites is 2. The molecule has 0 atom stereocenters. The van der Waals surface area contributed by atoms with Crippen molar-refractivity contribution in [1.82, 2.24) is 0 Å². The Labute approximate surface area is 113 Å². The highest BCUT2D eigenvalue weighted by Gasteiger charge is 2.02. The zero-order valence-corrected chi connectivity index (χ0v) is 11.3. The first-order chi connectivity index (χ1) is 9.35. The van der Waals surface area contributed by atoms with E-state index in [1.807, 2.05) is 42.5 Å². The summed E-state index contributed by atoms with van der Waals surface area (Å²) in [7, 11) is 1.65. The van der Waals surface area contributed by atoms with E-state index < -0.39 is 0 Å². The van der Waals surface area contributed by atoms with Gasteiger partial charge in [0.15, 0.2) is 0 Å². The fourth-order valence-corrected chi connectivity index (χ4v) is 1.84. The molecule has 0 saturated heterocycles. The fraction of sp³-hybridized carbons (Fsp3) is 0.188. The number of methoxy groups -OCH3 is 1. The fourth-order valence-electron chi connectivity index (χ4n) is 1.84. The standard InChI is InChI=1S/C16H18N2O/c1-3-14(13-9-5-4-6-10-13)17-18-15-11-7-8-12-16(15)19-2/h4-12,18H,3H2,1-2H3/b17-14-. The van der Waals surface area contributed by atoms with Crippen LogP contribution in [0.3, 0.4) is 0 Å². The van der Waals surface area contributed by atoms with Gasteiger partial charge in [-0.2, -0.15) is 5.10 Å². The van der Waals surface area contributed by atoms with Crippen LogP contribution in [0.4, 0.5) is 5.69 Å². The largest absolute Gasteiger partial charge is 0.495 e. The molecule has 3 heteroatoms. The van der Waals surface area contributed by atoms with Gasteiger partial charge in [-0.1, -0.05) is 49.4 Å². The summed E-state index contributed by atoms with van der Waals surface area (Å²) in [5.41, 5.74) is 6.10. The van der Waals surface area contributed by atoms with Crippen LogP contribution in [0.2, 0.25) is 0 Å². The van der Waals surface area contributed by atoms with Gasteiger partial charge in [0.2, 0.25) is 0 Å². The Kier molecular flexibility index (Phi) is 4.56. The van der Waals surface area contributed by atoms with Gasteiger partial charge in [0.05, 0.1) is 18.5 Å². The van der Waals surface area contributed by atoms with Crippen LogP contribution in [-0.4, -0.2) is 12.8 Å². The van der Waals surface area contributed by atoms with Crippen molar-refractivity contribution >= 4 is 11.4 Å². The second-order valence-electron chi connectivity index (χ2n) is 4.09. The Morgan fingerprint density at radius 1 is 1.05 bits per heavy atom. The number of rotatable bonds is 5. The van der Waals surface area contributed by atoms with Gasteiger partial charge in [0.25, 0.3) is 0 Å². The molecule has 98 valence electrons. The molecule has 3 nitrogen and oxygen atoms in total. The first-order valence-corrected chi connectivity index (χ1v) is 6.36. The van der Waals surface area contributed by atoms with E-state index in [-0.39, 0.29) is 0 Å². The Hall–Kier alpha value is -2.29. The molecule has 2 aromatic rings. The lowest BCUT2D eigenvalue weighted by atomic mass is 10.1. The van der Waals surface area contributed by atoms with Crippen molar-refractivity contribution in [3.05, 3.63) is 60.2 Å². The highest BCUT2D eigenvalue weighted by Crippen LogP contribution is 2.23. The number of hydrogen-bond acceptors (Lipinski definition) is 3. The summed E-state index contributed by atoms with van der Waals surface area (Å²) >= 11 is 0. The summed E-state index contributed by atoms with van der Waals surface area (Å²) in [6.07, 6.45) is 0.867. The van der Waals surface area contributed by atoms with Gasteiger partial charge in [-0.3, -0.25) is 5.43 Å². The number of hydrazone groups is 1. The van der Waals surface area contributed by atoms with Crippen LogP contribution < -0.4 is 10.2 Å². The zero-order chi connectivity index (χ0) is 13.5. The molecule has 19 heavy (non-hydrogen) atoms. The second kappa shape index (κ2) is 6.59. The van der Waals surface area contributed by atoms with Crippen molar-refractivity contribution in [3.63, 3.8) is 0 Å². The van der Waals surface area contributed by atoms with Crippen molar-refractivity contribution in [1.29, 1.82) is 0 Å². The Morgan fingerprint density at radius 2 is 1.74 bits per heavy atom. The summed E-state index contributed by atoms with van der Waals surface area (Å²) < 4.78 is 5.29. The van der Waals surface area contributed by atoms with Crippen LogP contribution in [0.15, 0.2) is 59.7 Å². The maximum Gasteiger partial charge on any atom is 0.143 e. The minimum absolute atomic E-state index is 0.787. The molecular formula is C16H18N2O. The van der Waals surface area contributed by atoms with E-state index in [0.29, 0.717) is 0 Å². The molecule has 0 aliphatic heterocycles. The molecular weight excluding hydrogens is 236 g/mol. The van der Waals surface area contributed by atoms with Gasteiger partial charge in [-0.15, -0.1) is 0 Å². The molecule has 2 aromatic carbocycles. The van der Waals surface area contributed by atoms with E-state index in [4.69, 9.17) is 4.74 Å². The molecule has 0 aromatic heterocycles. The number of nitrogens with one attached hydrogen (secondary N) is 1. The summed E-state index contributed by atoms with van der Waals surface area (Å²) in [6, 6.07) is 17.9. The van der Waals surface area contributed by atoms with Crippen LogP contribution in [0.1, 0.15) is 18.9 Å². The molecule has 0 unspecified atom stereocenters. The third-order valence-electron chi connectivity index (χ3n) is 2.86. The Balaban J connectivity index is 2.21. The van der Waals surface area contributed by atoms with Crippen LogP contribution in [0.5, 0.6) is 5.75 Å². The van der Waals surface area contributed by atoms with E-state index in [9.17, 15) is 0 Å². The van der Waals surface area contributed by atoms with E-state index in [2.05, 4.69) is 29.6 Å². The Bertz CT molecular complexity index is 550. The summed E-state index contributed by atoms with van der Waals surface area (Å²) in [4.78, 5) is 0. The predicted molar refractivity (Wildman–Crippen MR) is 79.9 cm³/mol. The maximum atomic E-state index is 5.29. The van der Waals surface area contributed by atoms with Gasteiger partial charge in [0.1, 0.15) is 5.75 Å². The normalized spacial score (nSPS) is 11.2. The monoisotopic (exact) mass is 254 g/mol. The maximum absolute atomic E-state index is 5.29. The number of benzene rings is 2. The first kappa shape index (κ1) is 13.1. The van der Waals surface area contributed by atoms with Crippen molar-refractivity contribution in [2.45, 2.75) is 13.3 Å². The van der Waals surface area contributed by atoms with Gasteiger partial charge >= 0.3 is 0 Å². The van der Waals surface area contributed by atoms with E-state index in [1.54, 1.807) is 7.11 Å². The smallest absolute Gasteiger partial charge is 0.143 e. The number of ether oxygens (including phenoxy) is 1. The average molecular weight is 254 g/mol. The quantitative estimate of drug-likeness (QED) is 0.648. The van der Waals surface area contributed by atoms with E-state index >= 15 is 0 Å². The predicted octanol–water partition coefficient (Wildman–Crippen LogP) is 3.92. The molecule has 0 saturated carbocycles. The van der Waals surface area contributed by atoms with Crippen molar-refractivity contribution in [2.75, 3.05) is 12.5 Å². The number of nitrogens with zero attached hydrogens (tertiary/aromatic N) is 1. The number of hydrogen-bond donors (Lipinski definition) is 1. The lowest BCUT2D eigenvalue weighted by Crippen LogP contribution is -2.03. The van der Waals surface area contributed by atoms with Crippen LogP contribution in [0, 0.1) is 0 Å². The van der Waals surface area contributed by atoms with Crippen molar-refractivity contribution < 1.29 is 4.74 Å². The molecule has 0 fully saturated rings. The summed E-state index contributed by atoms with van der Waals surface area (Å²) in [5.74, 6) is 0.787. The van der Waals surface area contributed by atoms with E-state index in [1.165, 1.54) is 0 Å². The second-order valence-corrected chi connectivity index (χ2v) is 4.09. The van der Waals surface area contributed by atoms with Crippen molar-refractivity contribution in [2.24, 2.45) is 5.10 Å². The molecule has 1 N–H and O–H groups in total. The summed E-state index contributed by atoms with van der Waals surface area (Å²) in [5, 5.41) is 4.48. The number of anilines is 1. The summed E-state index contributed by atoms with van der Waals surface area (Å²) in [6.45, 7) is 2.09. The third-order valence-corrected chi connectivity index (χ3v) is 2.86.